The van der Waals surface area contributed by atoms with Gasteiger partial charge in [-0.25, -0.2) is 0 Å². The van der Waals surface area contributed by atoms with Crippen molar-refractivity contribution < 1.29 is 0 Å². The average molecular weight is 177 g/mol. The van der Waals surface area contributed by atoms with Crippen molar-refractivity contribution in [1.29, 1.82) is 0 Å². The minimum atomic E-state index is 0.762. The largest absolute Gasteiger partial charge is 0.359 e. The van der Waals surface area contributed by atoms with Crippen LogP contribution in [0.5, 0.6) is 0 Å². The molecule has 2 heteroatoms. The Bertz CT molecular complexity index is 348. The molecule has 1 aromatic heterocycles. The van der Waals surface area contributed by atoms with Crippen molar-refractivity contribution in [2.75, 3.05) is 0 Å². The lowest BCUT2D eigenvalue weighted by Crippen LogP contribution is -1.71. The molecular formula is C10H7ClN. The first-order chi connectivity index (χ1) is 5.86. The number of H-pyrrole nitrogens is 1. The maximum absolute atomic E-state index is 5.76. The van der Waals surface area contributed by atoms with Gasteiger partial charge in [-0.3, -0.25) is 0 Å². The van der Waals surface area contributed by atoms with Gasteiger partial charge in [-0.05, 0) is 29.3 Å². The van der Waals surface area contributed by atoms with Gasteiger partial charge in [0.05, 0.1) is 6.20 Å². The summed E-state index contributed by atoms with van der Waals surface area (Å²) >= 11 is 5.76. The normalized spacial score (nSPS) is 10.1. The molecule has 1 nitrogen and oxygen atoms in total. The summed E-state index contributed by atoms with van der Waals surface area (Å²) in [5, 5.41) is 0.762. The summed E-state index contributed by atoms with van der Waals surface area (Å²) in [7, 11) is 0. The molecule has 0 saturated heterocycles. The van der Waals surface area contributed by atoms with Gasteiger partial charge in [0.1, 0.15) is 0 Å². The number of nitrogens with one attached hydrogen (secondary N) is 1. The van der Waals surface area contributed by atoms with E-state index in [0.717, 1.165) is 16.1 Å². The van der Waals surface area contributed by atoms with Crippen molar-refractivity contribution in [3.8, 4) is 11.1 Å². The van der Waals surface area contributed by atoms with Gasteiger partial charge in [0.15, 0.2) is 0 Å². The molecule has 1 N–H and O–H groups in total. The smallest absolute Gasteiger partial charge is 0.0626 e. The number of hydrogen-bond acceptors (Lipinski definition) is 0. The third-order valence-electron chi connectivity index (χ3n) is 1.72. The predicted octanol–water partition coefficient (Wildman–Crippen LogP) is 3.14. The fourth-order valence-electron chi connectivity index (χ4n) is 1.09. The Labute approximate surface area is 76.0 Å². The molecule has 0 atom stereocenters. The molecule has 1 aromatic carbocycles. The fourth-order valence-corrected chi connectivity index (χ4v) is 1.22. The third-order valence-corrected chi connectivity index (χ3v) is 1.97. The monoisotopic (exact) mass is 176 g/mol. The lowest BCUT2D eigenvalue weighted by Gasteiger charge is -1.95. The van der Waals surface area contributed by atoms with Crippen LogP contribution in [0.2, 0.25) is 5.02 Å². The van der Waals surface area contributed by atoms with Gasteiger partial charge in [0.25, 0.3) is 0 Å². The number of aromatic amines is 1. The van der Waals surface area contributed by atoms with Crippen LogP contribution in [0.25, 0.3) is 11.1 Å². The lowest BCUT2D eigenvalue weighted by atomic mass is 10.1. The van der Waals surface area contributed by atoms with E-state index in [4.69, 9.17) is 11.6 Å². The first-order valence-electron chi connectivity index (χ1n) is 3.67. The highest BCUT2D eigenvalue weighted by atomic mass is 35.5. The zero-order chi connectivity index (χ0) is 8.39. The minimum Gasteiger partial charge on any atom is -0.359 e. The second-order valence-corrected chi connectivity index (χ2v) is 2.98. The van der Waals surface area contributed by atoms with E-state index in [1.807, 2.05) is 36.5 Å². The predicted molar refractivity (Wildman–Crippen MR) is 50.1 cm³/mol. The molecule has 0 bridgehead atoms. The quantitative estimate of drug-likeness (QED) is 0.687. The molecule has 2 aromatic rings. The van der Waals surface area contributed by atoms with Gasteiger partial charge in [-0.15, -0.1) is 0 Å². The van der Waals surface area contributed by atoms with Crippen LogP contribution in [0.1, 0.15) is 0 Å². The molecule has 1 radical (unpaired) electrons. The lowest BCUT2D eigenvalue weighted by molar-refractivity contribution is 1.40. The van der Waals surface area contributed by atoms with Crippen molar-refractivity contribution in [3.05, 3.63) is 47.7 Å². The van der Waals surface area contributed by atoms with E-state index in [1.165, 1.54) is 0 Å². The zero-order valence-corrected chi connectivity index (χ0v) is 7.10. The van der Waals surface area contributed by atoms with Crippen LogP contribution in [-0.2, 0) is 0 Å². The standard InChI is InChI=1S/C10H7ClN/c11-10-3-1-8(2-4-10)9-5-6-12-7-9/h1-5,7,12H. The summed E-state index contributed by atoms with van der Waals surface area (Å²) in [6.45, 7) is 0. The number of aromatic nitrogens is 1. The number of halogens is 1. The topological polar surface area (TPSA) is 15.8 Å². The molecule has 0 aliphatic rings. The van der Waals surface area contributed by atoms with Gasteiger partial charge in [-0.2, -0.15) is 0 Å². The molecule has 12 heavy (non-hydrogen) atoms. The van der Waals surface area contributed by atoms with E-state index in [2.05, 4.69) is 11.2 Å². The molecule has 0 unspecified atom stereocenters. The Morgan fingerprint density at radius 2 is 1.83 bits per heavy atom. The van der Waals surface area contributed by atoms with Gasteiger partial charge >= 0.3 is 0 Å². The van der Waals surface area contributed by atoms with Crippen LogP contribution in [-0.4, -0.2) is 4.98 Å². The van der Waals surface area contributed by atoms with Gasteiger partial charge in [-0.1, -0.05) is 23.7 Å². The zero-order valence-electron chi connectivity index (χ0n) is 6.34. The van der Waals surface area contributed by atoms with Crippen LogP contribution in [0, 0.1) is 6.20 Å². The molecule has 0 spiro atoms. The maximum atomic E-state index is 5.76. The number of benzene rings is 1. The molecule has 0 fully saturated rings. The van der Waals surface area contributed by atoms with Gasteiger partial charge in [0.2, 0.25) is 0 Å². The first kappa shape index (κ1) is 7.44. The highest BCUT2D eigenvalue weighted by molar-refractivity contribution is 6.30. The van der Waals surface area contributed by atoms with Crippen molar-refractivity contribution >= 4 is 11.6 Å². The van der Waals surface area contributed by atoms with Crippen LogP contribution in [0.3, 0.4) is 0 Å². The van der Waals surface area contributed by atoms with Gasteiger partial charge < -0.3 is 4.98 Å². The fraction of sp³-hybridized carbons (Fsp3) is 0. The van der Waals surface area contributed by atoms with Crippen molar-refractivity contribution in [2.24, 2.45) is 0 Å². The van der Waals surface area contributed by atoms with Crippen LogP contribution in [0.4, 0.5) is 0 Å². The Morgan fingerprint density at radius 1 is 1.08 bits per heavy atom. The first-order valence-corrected chi connectivity index (χ1v) is 4.04. The SMILES string of the molecule is Clc1ccc(-c2c[c][nH]c2)cc1. The summed E-state index contributed by atoms with van der Waals surface area (Å²) < 4.78 is 0. The Balaban J connectivity index is 2.43. The van der Waals surface area contributed by atoms with E-state index in [9.17, 15) is 0 Å². The Morgan fingerprint density at radius 3 is 2.42 bits per heavy atom. The molecule has 0 aliphatic heterocycles. The van der Waals surface area contributed by atoms with Crippen LogP contribution in [0.15, 0.2) is 36.5 Å². The highest BCUT2D eigenvalue weighted by Crippen LogP contribution is 2.20. The van der Waals surface area contributed by atoms with E-state index in [0.29, 0.717) is 0 Å². The van der Waals surface area contributed by atoms with E-state index < -0.39 is 0 Å². The second kappa shape index (κ2) is 3.03. The molecule has 1 heterocycles. The summed E-state index contributed by atoms with van der Waals surface area (Å²) in [5.41, 5.74) is 2.28. The van der Waals surface area contributed by atoms with E-state index in [-0.39, 0.29) is 0 Å². The van der Waals surface area contributed by atoms with Crippen LogP contribution < -0.4 is 0 Å². The third kappa shape index (κ3) is 1.36. The molecular weight excluding hydrogens is 170 g/mol. The van der Waals surface area contributed by atoms with Gasteiger partial charge in [0, 0.05) is 11.2 Å². The molecule has 0 aliphatic carbocycles. The van der Waals surface area contributed by atoms with E-state index in [1.54, 1.807) is 0 Å². The van der Waals surface area contributed by atoms with Crippen LogP contribution >= 0.6 is 11.6 Å². The number of rotatable bonds is 1. The maximum Gasteiger partial charge on any atom is 0.0626 e. The highest BCUT2D eigenvalue weighted by Gasteiger charge is 1.95. The molecule has 0 saturated carbocycles. The second-order valence-electron chi connectivity index (χ2n) is 2.54. The summed E-state index contributed by atoms with van der Waals surface area (Å²) in [4.78, 5) is 2.88. The molecule has 59 valence electrons. The number of hydrogen-bond donors (Lipinski definition) is 1. The van der Waals surface area contributed by atoms with Crippen molar-refractivity contribution in [2.45, 2.75) is 0 Å². The van der Waals surface area contributed by atoms with E-state index >= 15 is 0 Å². The Kier molecular flexibility index (Phi) is 1.88. The summed E-state index contributed by atoms with van der Waals surface area (Å²) in [5.74, 6) is 0. The summed E-state index contributed by atoms with van der Waals surface area (Å²) in [6, 6.07) is 9.63. The average Bonchev–Trinajstić information content (AvgIpc) is 2.58. The Hall–Kier alpha value is -1.21. The van der Waals surface area contributed by atoms with Crippen molar-refractivity contribution in [1.82, 2.24) is 4.98 Å². The molecule has 0 amide bonds. The molecule has 2 rings (SSSR count). The summed E-state index contributed by atoms with van der Waals surface area (Å²) in [6.07, 6.45) is 4.79. The minimum absolute atomic E-state index is 0.762. The van der Waals surface area contributed by atoms with Crippen molar-refractivity contribution in [3.63, 3.8) is 0 Å².